The number of hydrogen-bond acceptors (Lipinski definition) is 8. The molecular formula is C16H20N6O3. The van der Waals surface area contributed by atoms with Crippen LogP contribution in [0.15, 0.2) is 18.5 Å². The van der Waals surface area contributed by atoms with E-state index in [1.54, 1.807) is 18.5 Å². The Kier molecular flexibility index (Phi) is 5.34. The Labute approximate surface area is 145 Å². The second-order valence-corrected chi connectivity index (χ2v) is 5.54. The van der Waals surface area contributed by atoms with Crippen LogP contribution in [0.2, 0.25) is 0 Å². The minimum atomic E-state index is -0.318. The molecule has 1 fully saturated rings. The number of hydrogen-bond donors (Lipinski definition) is 1. The predicted molar refractivity (Wildman–Crippen MR) is 90.7 cm³/mol. The van der Waals surface area contributed by atoms with Crippen LogP contribution in [-0.4, -0.2) is 58.8 Å². The standard InChI is InChI=1S/C16H20N6O3/c1-11-14(21-13(23)10-25-16-17-4-3-5-18-16)12(2)20-15(19-11)22-6-8-24-9-7-22/h3-5H,6-10H2,1-2H3,(H,21,23). The van der Waals surface area contributed by atoms with Crippen LogP contribution in [0.5, 0.6) is 6.01 Å². The van der Waals surface area contributed by atoms with E-state index in [2.05, 4.69) is 30.2 Å². The second-order valence-electron chi connectivity index (χ2n) is 5.54. The molecule has 1 aliphatic rings. The average molecular weight is 344 g/mol. The molecule has 3 rings (SSSR count). The third-order valence-electron chi connectivity index (χ3n) is 3.69. The van der Waals surface area contributed by atoms with Gasteiger partial charge in [-0.1, -0.05) is 0 Å². The van der Waals surface area contributed by atoms with Gasteiger partial charge in [-0.3, -0.25) is 4.79 Å². The summed E-state index contributed by atoms with van der Waals surface area (Å²) in [5.41, 5.74) is 2.01. The molecule has 1 saturated heterocycles. The van der Waals surface area contributed by atoms with E-state index in [9.17, 15) is 4.79 Å². The molecule has 9 heteroatoms. The summed E-state index contributed by atoms with van der Waals surface area (Å²) >= 11 is 0. The van der Waals surface area contributed by atoms with Crippen molar-refractivity contribution in [3.05, 3.63) is 29.8 Å². The first-order chi connectivity index (χ1) is 12.1. The molecule has 1 N–H and O–H groups in total. The summed E-state index contributed by atoms with van der Waals surface area (Å²) in [7, 11) is 0. The van der Waals surface area contributed by atoms with Crippen molar-refractivity contribution in [1.82, 2.24) is 19.9 Å². The van der Waals surface area contributed by atoms with Gasteiger partial charge in [0.15, 0.2) is 6.61 Å². The van der Waals surface area contributed by atoms with Gasteiger partial charge in [0, 0.05) is 25.5 Å². The van der Waals surface area contributed by atoms with E-state index < -0.39 is 0 Å². The van der Waals surface area contributed by atoms with Crippen LogP contribution in [-0.2, 0) is 9.53 Å². The molecule has 0 unspecified atom stereocenters. The summed E-state index contributed by atoms with van der Waals surface area (Å²) in [4.78, 5) is 31.0. The molecule has 0 saturated carbocycles. The minimum Gasteiger partial charge on any atom is -0.453 e. The Morgan fingerprint density at radius 2 is 1.84 bits per heavy atom. The number of anilines is 2. The highest BCUT2D eigenvalue weighted by Gasteiger charge is 2.18. The third kappa shape index (κ3) is 4.38. The monoisotopic (exact) mass is 344 g/mol. The number of nitrogens with one attached hydrogen (secondary N) is 1. The van der Waals surface area contributed by atoms with E-state index in [4.69, 9.17) is 9.47 Å². The van der Waals surface area contributed by atoms with E-state index in [1.165, 1.54) is 0 Å². The number of aromatic nitrogens is 4. The molecule has 0 atom stereocenters. The molecular weight excluding hydrogens is 324 g/mol. The summed E-state index contributed by atoms with van der Waals surface area (Å²) in [6.45, 7) is 6.35. The molecule has 0 radical (unpaired) electrons. The van der Waals surface area contributed by atoms with Gasteiger partial charge in [-0.2, -0.15) is 0 Å². The number of ether oxygens (including phenoxy) is 2. The maximum absolute atomic E-state index is 12.1. The lowest BCUT2D eigenvalue weighted by atomic mass is 10.2. The van der Waals surface area contributed by atoms with E-state index in [1.807, 2.05) is 13.8 Å². The number of carbonyl (C=O) groups excluding carboxylic acids is 1. The predicted octanol–water partition coefficient (Wildman–Crippen LogP) is 0.738. The molecule has 9 nitrogen and oxygen atoms in total. The largest absolute Gasteiger partial charge is 0.453 e. The lowest BCUT2D eigenvalue weighted by Crippen LogP contribution is -2.37. The van der Waals surface area contributed by atoms with Crippen LogP contribution in [0.25, 0.3) is 0 Å². The van der Waals surface area contributed by atoms with Gasteiger partial charge in [0.25, 0.3) is 5.91 Å². The fourth-order valence-corrected chi connectivity index (χ4v) is 2.45. The normalized spacial score (nSPS) is 14.2. The van der Waals surface area contributed by atoms with Crippen molar-refractivity contribution in [2.45, 2.75) is 13.8 Å². The smallest absolute Gasteiger partial charge is 0.316 e. The number of carbonyl (C=O) groups is 1. The Morgan fingerprint density at radius 3 is 2.48 bits per heavy atom. The van der Waals surface area contributed by atoms with Gasteiger partial charge in [-0.25, -0.2) is 19.9 Å². The number of morpholine rings is 1. The summed E-state index contributed by atoms with van der Waals surface area (Å²) in [6.07, 6.45) is 3.10. The maximum atomic E-state index is 12.1. The molecule has 0 aromatic carbocycles. The number of rotatable bonds is 5. The maximum Gasteiger partial charge on any atom is 0.316 e. The van der Waals surface area contributed by atoms with Gasteiger partial charge >= 0.3 is 6.01 Å². The summed E-state index contributed by atoms with van der Waals surface area (Å²) in [5, 5.41) is 2.79. The van der Waals surface area contributed by atoms with Gasteiger partial charge in [0.2, 0.25) is 5.95 Å². The summed E-state index contributed by atoms with van der Waals surface area (Å²) in [6, 6.07) is 1.83. The lowest BCUT2D eigenvalue weighted by molar-refractivity contribution is -0.118. The molecule has 0 spiro atoms. The molecule has 0 aliphatic carbocycles. The average Bonchev–Trinajstić information content (AvgIpc) is 2.64. The molecule has 0 bridgehead atoms. The zero-order valence-corrected chi connectivity index (χ0v) is 14.2. The summed E-state index contributed by atoms with van der Waals surface area (Å²) < 4.78 is 10.6. The van der Waals surface area contributed by atoms with E-state index in [0.717, 1.165) is 13.1 Å². The molecule has 2 aromatic heterocycles. The molecule has 1 amide bonds. The minimum absolute atomic E-state index is 0.157. The van der Waals surface area contributed by atoms with Crippen molar-refractivity contribution in [3.8, 4) is 6.01 Å². The number of amides is 1. The van der Waals surface area contributed by atoms with Gasteiger partial charge in [-0.15, -0.1) is 0 Å². The quantitative estimate of drug-likeness (QED) is 0.847. The molecule has 132 valence electrons. The first-order valence-corrected chi connectivity index (χ1v) is 8.01. The molecule has 1 aliphatic heterocycles. The van der Waals surface area contributed by atoms with E-state index in [0.29, 0.717) is 36.2 Å². The van der Waals surface area contributed by atoms with E-state index in [-0.39, 0.29) is 18.5 Å². The zero-order valence-electron chi connectivity index (χ0n) is 14.2. The van der Waals surface area contributed by atoms with Gasteiger partial charge < -0.3 is 19.7 Å². The van der Waals surface area contributed by atoms with Crippen LogP contribution in [0, 0.1) is 13.8 Å². The van der Waals surface area contributed by atoms with Crippen LogP contribution in [0.4, 0.5) is 11.6 Å². The fraction of sp³-hybridized carbons (Fsp3) is 0.438. The second kappa shape index (κ2) is 7.84. The highest BCUT2D eigenvalue weighted by molar-refractivity contribution is 5.92. The molecule has 2 aromatic rings. The van der Waals surface area contributed by atoms with Crippen LogP contribution >= 0.6 is 0 Å². The van der Waals surface area contributed by atoms with Crippen molar-refractivity contribution in [3.63, 3.8) is 0 Å². The van der Waals surface area contributed by atoms with Crippen LogP contribution in [0.3, 0.4) is 0 Å². The van der Waals surface area contributed by atoms with Gasteiger partial charge in [0.05, 0.1) is 30.3 Å². The Bertz CT molecular complexity index is 711. The van der Waals surface area contributed by atoms with Crippen LogP contribution < -0.4 is 15.0 Å². The first kappa shape index (κ1) is 17.0. The van der Waals surface area contributed by atoms with Crippen molar-refractivity contribution in [2.75, 3.05) is 43.1 Å². The van der Waals surface area contributed by atoms with E-state index >= 15 is 0 Å². The number of nitrogens with zero attached hydrogens (tertiary/aromatic N) is 5. The van der Waals surface area contributed by atoms with Gasteiger partial charge in [0.1, 0.15) is 0 Å². The summed E-state index contributed by atoms with van der Waals surface area (Å²) in [5.74, 6) is 0.339. The molecule has 25 heavy (non-hydrogen) atoms. The highest BCUT2D eigenvalue weighted by Crippen LogP contribution is 2.21. The first-order valence-electron chi connectivity index (χ1n) is 8.01. The van der Waals surface area contributed by atoms with Crippen molar-refractivity contribution in [2.24, 2.45) is 0 Å². The van der Waals surface area contributed by atoms with Crippen molar-refractivity contribution in [1.29, 1.82) is 0 Å². The van der Waals surface area contributed by atoms with Crippen LogP contribution in [0.1, 0.15) is 11.4 Å². The molecule has 3 heterocycles. The number of aryl methyl sites for hydroxylation is 2. The van der Waals surface area contributed by atoms with Crippen molar-refractivity contribution >= 4 is 17.5 Å². The Hall–Kier alpha value is -2.81. The Morgan fingerprint density at radius 1 is 1.20 bits per heavy atom. The fourth-order valence-electron chi connectivity index (χ4n) is 2.45. The highest BCUT2D eigenvalue weighted by atomic mass is 16.5. The lowest BCUT2D eigenvalue weighted by Gasteiger charge is -2.27. The topological polar surface area (TPSA) is 102 Å². The zero-order chi connectivity index (χ0) is 17.6. The Balaban J connectivity index is 1.64. The van der Waals surface area contributed by atoms with Crippen molar-refractivity contribution < 1.29 is 14.3 Å². The SMILES string of the molecule is Cc1nc(N2CCOCC2)nc(C)c1NC(=O)COc1ncccn1. The van der Waals surface area contributed by atoms with Gasteiger partial charge in [-0.05, 0) is 19.9 Å². The third-order valence-corrected chi connectivity index (χ3v) is 3.69.